The van der Waals surface area contributed by atoms with E-state index in [1.165, 1.54) is 0 Å². The monoisotopic (exact) mass is 199 g/mol. The summed E-state index contributed by atoms with van der Waals surface area (Å²) in [5.41, 5.74) is 0.916. The van der Waals surface area contributed by atoms with Gasteiger partial charge in [0.15, 0.2) is 6.61 Å². The molecule has 0 aromatic heterocycles. The Morgan fingerprint density at radius 3 is 2.40 bits per heavy atom. The van der Waals surface area contributed by atoms with Crippen LogP contribution in [0.5, 0.6) is 0 Å². The zero-order valence-corrected chi connectivity index (χ0v) is 7.47. The van der Waals surface area contributed by atoms with Crippen molar-refractivity contribution in [3.05, 3.63) is 35.9 Å². The van der Waals surface area contributed by atoms with Crippen molar-refractivity contribution < 1.29 is 14.3 Å². The number of imide groups is 1. The summed E-state index contributed by atoms with van der Waals surface area (Å²) in [4.78, 5) is 23.3. The van der Waals surface area contributed by atoms with E-state index in [0.717, 1.165) is 10.5 Å². The van der Waals surface area contributed by atoms with Crippen molar-refractivity contribution in [2.45, 2.75) is 6.54 Å². The van der Waals surface area contributed by atoms with Crippen LogP contribution in [-0.4, -0.2) is 42.4 Å². The second kappa shape index (κ2) is 5.01. The van der Waals surface area contributed by atoms with Crippen molar-refractivity contribution in [2.24, 2.45) is 0 Å². The molecule has 1 aromatic carbocycles. The summed E-state index contributed by atoms with van der Waals surface area (Å²) in [6, 6.07) is 9.33. The van der Waals surface area contributed by atoms with Crippen LogP contribution in [0.25, 0.3) is 0 Å². The first-order valence-electron chi connectivity index (χ1n) is 4.28. The summed E-state index contributed by atoms with van der Waals surface area (Å²) < 4.78 is 4.59. The maximum absolute atomic E-state index is 11.2. The van der Waals surface area contributed by atoms with Gasteiger partial charge in [-0.2, -0.15) is 0 Å². The van der Waals surface area contributed by atoms with Crippen molar-refractivity contribution in [3.8, 4) is 0 Å². The predicted octanol–water partition coefficient (Wildman–Crippen LogP) is 0.517. The fourth-order valence-corrected chi connectivity index (χ4v) is 1.30. The number of cyclic esters (lactones) is 1. The third-order valence-electron chi connectivity index (χ3n) is 2.02. The van der Waals surface area contributed by atoms with E-state index in [9.17, 15) is 9.59 Å². The topological polar surface area (TPSA) is 46.6 Å². The van der Waals surface area contributed by atoms with Crippen LogP contribution in [0.1, 0.15) is 5.56 Å². The summed E-state index contributed by atoms with van der Waals surface area (Å²) >= 11 is 0. The molecule has 2 rings (SSSR count). The van der Waals surface area contributed by atoms with Crippen molar-refractivity contribution >= 4 is 30.9 Å². The van der Waals surface area contributed by atoms with E-state index in [1.54, 1.807) is 0 Å². The van der Waals surface area contributed by atoms with Crippen LogP contribution < -0.4 is 0 Å². The first kappa shape index (κ1) is 11.8. The summed E-state index contributed by atoms with van der Waals surface area (Å²) in [5.74, 6) is -0.279. The second-order valence-electron chi connectivity index (χ2n) is 3.02. The van der Waals surface area contributed by atoms with E-state index in [-0.39, 0.29) is 31.4 Å². The molecular formula is C10H10LiNO3. The van der Waals surface area contributed by atoms with Crippen LogP contribution in [0.4, 0.5) is 4.79 Å². The molecule has 0 spiro atoms. The van der Waals surface area contributed by atoms with Gasteiger partial charge in [-0.1, -0.05) is 30.3 Å². The number of carbonyl (C=O) groups is 2. The quantitative estimate of drug-likeness (QED) is 0.652. The van der Waals surface area contributed by atoms with Crippen molar-refractivity contribution in [3.63, 3.8) is 0 Å². The molecule has 74 valence electrons. The molecule has 1 heterocycles. The molecule has 0 aliphatic carbocycles. The molecule has 0 N–H and O–H groups in total. The number of benzene rings is 1. The summed E-state index contributed by atoms with van der Waals surface area (Å²) in [7, 11) is 0. The van der Waals surface area contributed by atoms with Crippen LogP contribution in [-0.2, 0) is 16.1 Å². The van der Waals surface area contributed by atoms with Crippen molar-refractivity contribution in [1.29, 1.82) is 0 Å². The molecule has 1 saturated heterocycles. The van der Waals surface area contributed by atoms with Gasteiger partial charge in [0.1, 0.15) is 0 Å². The Hall–Kier alpha value is -1.24. The number of hydrogen-bond donors (Lipinski definition) is 0. The van der Waals surface area contributed by atoms with E-state index >= 15 is 0 Å². The van der Waals surface area contributed by atoms with Gasteiger partial charge in [0.05, 0.1) is 6.54 Å². The Kier molecular flexibility index (Phi) is 3.95. The number of ether oxygens (including phenoxy) is 1. The zero-order valence-electron chi connectivity index (χ0n) is 7.47. The average Bonchev–Trinajstić information content (AvgIpc) is 2.51. The number of nitrogens with zero attached hydrogens (tertiary/aromatic N) is 1. The molecule has 0 bridgehead atoms. The van der Waals surface area contributed by atoms with Crippen LogP contribution in [0.15, 0.2) is 30.3 Å². The molecule has 0 atom stereocenters. The van der Waals surface area contributed by atoms with E-state index in [0.29, 0.717) is 6.54 Å². The zero-order chi connectivity index (χ0) is 9.97. The molecule has 0 saturated carbocycles. The van der Waals surface area contributed by atoms with E-state index < -0.39 is 6.09 Å². The molecule has 1 aromatic rings. The van der Waals surface area contributed by atoms with E-state index in [2.05, 4.69) is 4.74 Å². The molecule has 5 heteroatoms. The first-order chi connectivity index (χ1) is 6.77. The Morgan fingerprint density at radius 1 is 1.20 bits per heavy atom. The van der Waals surface area contributed by atoms with Gasteiger partial charge in [0, 0.05) is 0 Å². The van der Waals surface area contributed by atoms with E-state index in [4.69, 9.17) is 0 Å². The third-order valence-corrected chi connectivity index (χ3v) is 2.02. The average molecular weight is 199 g/mol. The Bertz CT molecular complexity index is 350. The molecule has 0 radical (unpaired) electrons. The molecule has 1 fully saturated rings. The third kappa shape index (κ3) is 2.62. The van der Waals surface area contributed by atoms with Crippen LogP contribution >= 0.6 is 0 Å². The van der Waals surface area contributed by atoms with Crippen LogP contribution in [0, 0.1) is 0 Å². The van der Waals surface area contributed by atoms with Gasteiger partial charge in [-0.3, -0.25) is 4.79 Å². The molecule has 4 nitrogen and oxygen atoms in total. The summed E-state index contributed by atoms with van der Waals surface area (Å²) in [5, 5.41) is 0. The fourth-order valence-electron chi connectivity index (χ4n) is 1.30. The molecular weight excluding hydrogens is 189 g/mol. The predicted molar refractivity (Wildman–Crippen MR) is 55.5 cm³/mol. The number of amides is 2. The molecule has 1 aliphatic rings. The summed E-state index contributed by atoms with van der Waals surface area (Å²) in [6.45, 7) is 0.157. The van der Waals surface area contributed by atoms with E-state index in [1.807, 2.05) is 30.3 Å². The number of rotatable bonds is 2. The normalized spacial score (nSPS) is 14.8. The van der Waals surface area contributed by atoms with Crippen LogP contribution in [0.3, 0.4) is 0 Å². The van der Waals surface area contributed by atoms with Gasteiger partial charge in [-0.15, -0.1) is 0 Å². The van der Waals surface area contributed by atoms with Gasteiger partial charge in [0.2, 0.25) is 0 Å². The fraction of sp³-hybridized carbons (Fsp3) is 0.200. The SMILES string of the molecule is O=C1COC(=O)N1Cc1ccccc1.[LiH]. The first-order valence-corrected chi connectivity index (χ1v) is 4.28. The number of carbonyl (C=O) groups excluding carboxylic acids is 2. The minimum atomic E-state index is -0.557. The van der Waals surface area contributed by atoms with Gasteiger partial charge >= 0.3 is 25.0 Å². The Morgan fingerprint density at radius 2 is 1.87 bits per heavy atom. The van der Waals surface area contributed by atoms with Gasteiger partial charge in [-0.25, -0.2) is 9.69 Å². The Balaban J connectivity index is 0.00000112. The standard InChI is InChI=1S/C10H9NO3.Li.H/c12-9-7-14-10(13)11(9)6-8-4-2-1-3-5-8;;/h1-5H,6-7H2;;. The van der Waals surface area contributed by atoms with Crippen LogP contribution in [0.2, 0.25) is 0 Å². The molecule has 0 unspecified atom stereocenters. The molecule has 1 aliphatic heterocycles. The van der Waals surface area contributed by atoms with Gasteiger partial charge in [-0.05, 0) is 5.56 Å². The Labute approximate surface area is 99.4 Å². The maximum atomic E-state index is 11.2. The minimum absolute atomic E-state index is 0. The number of hydrogen-bond acceptors (Lipinski definition) is 3. The van der Waals surface area contributed by atoms with Crippen molar-refractivity contribution in [1.82, 2.24) is 4.90 Å². The molecule has 15 heavy (non-hydrogen) atoms. The molecule has 2 amide bonds. The van der Waals surface area contributed by atoms with Gasteiger partial charge in [0.25, 0.3) is 5.91 Å². The van der Waals surface area contributed by atoms with Crippen molar-refractivity contribution in [2.75, 3.05) is 6.61 Å². The second-order valence-corrected chi connectivity index (χ2v) is 3.02. The van der Waals surface area contributed by atoms with Gasteiger partial charge < -0.3 is 4.74 Å². The summed E-state index contributed by atoms with van der Waals surface area (Å²) in [6.07, 6.45) is -0.557.